The van der Waals surface area contributed by atoms with Gasteiger partial charge in [-0.3, -0.25) is 9.59 Å². The quantitative estimate of drug-likeness (QED) is 0.344. The summed E-state index contributed by atoms with van der Waals surface area (Å²) in [6, 6.07) is 33.0. The highest BCUT2D eigenvalue weighted by Crippen LogP contribution is 2.32. The first kappa shape index (κ1) is 22.6. The first-order valence-electron chi connectivity index (χ1n) is 12.2. The normalized spacial score (nSPS) is 15.1. The van der Waals surface area contributed by atoms with E-state index in [0.717, 1.165) is 33.2 Å². The number of aromatic nitrogens is 1. The Morgan fingerprint density at radius 2 is 1.57 bits per heavy atom. The summed E-state index contributed by atoms with van der Waals surface area (Å²) in [5.41, 5.74) is 6.29. The van der Waals surface area contributed by atoms with Crippen LogP contribution < -0.4 is 15.0 Å². The van der Waals surface area contributed by atoms with Gasteiger partial charge in [-0.1, -0.05) is 84.9 Å². The van der Waals surface area contributed by atoms with Gasteiger partial charge in [0.25, 0.3) is 11.8 Å². The van der Waals surface area contributed by atoms with Gasteiger partial charge in [0, 0.05) is 18.0 Å². The Morgan fingerprint density at radius 3 is 2.38 bits per heavy atom. The molecule has 0 unspecified atom stereocenters. The van der Waals surface area contributed by atoms with Gasteiger partial charge in [0.1, 0.15) is 24.1 Å². The van der Waals surface area contributed by atoms with Gasteiger partial charge in [-0.25, -0.2) is 0 Å². The van der Waals surface area contributed by atoms with Gasteiger partial charge < -0.3 is 19.9 Å². The first-order valence-corrected chi connectivity index (χ1v) is 12.2. The summed E-state index contributed by atoms with van der Waals surface area (Å²) in [5.74, 6) is 0.0279. The number of rotatable bonds is 4. The van der Waals surface area contributed by atoms with Crippen molar-refractivity contribution in [2.75, 3.05) is 18.6 Å². The number of para-hydroxylation sites is 3. The van der Waals surface area contributed by atoms with Crippen LogP contribution in [0.1, 0.15) is 10.5 Å². The lowest BCUT2D eigenvalue weighted by atomic mass is 9.99. The fraction of sp³-hybridized carbons (Fsp3) is 0.0968. The lowest BCUT2D eigenvalue weighted by Gasteiger charge is -2.20. The Bertz CT molecular complexity index is 1610. The molecular formula is C31H25N3O3. The smallest absolute Gasteiger partial charge is 0.268 e. The third kappa shape index (κ3) is 4.23. The van der Waals surface area contributed by atoms with E-state index in [-0.39, 0.29) is 18.4 Å². The molecule has 37 heavy (non-hydrogen) atoms. The monoisotopic (exact) mass is 487 g/mol. The minimum absolute atomic E-state index is 0.0607. The van der Waals surface area contributed by atoms with E-state index in [1.807, 2.05) is 66.7 Å². The lowest BCUT2D eigenvalue weighted by Crippen LogP contribution is -2.49. The Balaban J connectivity index is 1.25. The van der Waals surface area contributed by atoms with Crippen molar-refractivity contribution in [1.29, 1.82) is 0 Å². The minimum atomic E-state index is -0.804. The van der Waals surface area contributed by atoms with Crippen LogP contribution in [0.15, 0.2) is 103 Å². The average molecular weight is 488 g/mol. The number of fused-ring (bicyclic) bond motifs is 2. The van der Waals surface area contributed by atoms with Crippen molar-refractivity contribution in [2.45, 2.75) is 6.04 Å². The summed E-state index contributed by atoms with van der Waals surface area (Å²) >= 11 is 0. The number of carbonyl (C=O) groups excluding carboxylic acids is 2. The SMILES string of the molecule is CN1C(=O)[C@@H](NC(=O)c2cc3cccc(-c4ccc(-c5ccccc5)cc4)c3[nH]2)COc2ccccc21. The molecule has 2 amide bonds. The van der Waals surface area contributed by atoms with Gasteiger partial charge in [-0.2, -0.15) is 0 Å². The summed E-state index contributed by atoms with van der Waals surface area (Å²) in [7, 11) is 1.69. The fourth-order valence-corrected chi connectivity index (χ4v) is 4.78. The van der Waals surface area contributed by atoms with Crippen LogP contribution in [-0.4, -0.2) is 36.5 Å². The summed E-state index contributed by atoms with van der Waals surface area (Å²) in [5, 5.41) is 3.77. The van der Waals surface area contributed by atoms with E-state index in [4.69, 9.17) is 4.74 Å². The molecule has 5 aromatic rings. The Hall–Kier alpha value is -4.84. The van der Waals surface area contributed by atoms with Crippen LogP contribution in [0, 0.1) is 0 Å². The Morgan fingerprint density at radius 1 is 0.865 bits per heavy atom. The number of hydrogen-bond donors (Lipinski definition) is 2. The summed E-state index contributed by atoms with van der Waals surface area (Å²) in [6.45, 7) is 0.0607. The van der Waals surface area contributed by atoms with E-state index in [0.29, 0.717) is 17.1 Å². The van der Waals surface area contributed by atoms with Crippen LogP contribution in [0.5, 0.6) is 5.75 Å². The van der Waals surface area contributed by atoms with Crippen LogP contribution >= 0.6 is 0 Å². The molecule has 0 aliphatic carbocycles. The lowest BCUT2D eigenvalue weighted by molar-refractivity contribution is -0.120. The second-order valence-corrected chi connectivity index (χ2v) is 9.10. The van der Waals surface area contributed by atoms with Gasteiger partial charge in [0.15, 0.2) is 0 Å². The summed E-state index contributed by atoms with van der Waals surface area (Å²) in [6.07, 6.45) is 0. The molecule has 0 fully saturated rings. The van der Waals surface area contributed by atoms with Crippen molar-refractivity contribution in [3.8, 4) is 28.0 Å². The predicted octanol–water partition coefficient (Wildman–Crippen LogP) is 5.66. The van der Waals surface area contributed by atoms with Crippen molar-refractivity contribution in [3.63, 3.8) is 0 Å². The largest absolute Gasteiger partial charge is 0.489 e. The van der Waals surface area contributed by atoms with Gasteiger partial charge >= 0.3 is 0 Å². The molecular weight excluding hydrogens is 462 g/mol. The molecule has 1 aromatic heterocycles. The van der Waals surface area contributed by atoms with Crippen molar-refractivity contribution in [2.24, 2.45) is 0 Å². The zero-order chi connectivity index (χ0) is 25.4. The van der Waals surface area contributed by atoms with Crippen LogP contribution in [0.2, 0.25) is 0 Å². The molecule has 0 saturated heterocycles. The first-order chi connectivity index (χ1) is 18.1. The predicted molar refractivity (Wildman–Crippen MR) is 146 cm³/mol. The number of nitrogens with one attached hydrogen (secondary N) is 2. The van der Waals surface area contributed by atoms with Crippen molar-refractivity contribution in [3.05, 3.63) is 109 Å². The third-order valence-electron chi connectivity index (χ3n) is 6.77. The number of hydrogen-bond acceptors (Lipinski definition) is 3. The number of likely N-dealkylation sites (N-methyl/N-ethyl adjacent to an activating group) is 1. The van der Waals surface area contributed by atoms with Gasteiger partial charge in [-0.15, -0.1) is 0 Å². The maximum Gasteiger partial charge on any atom is 0.268 e. The zero-order valence-corrected chi connectivity index (χ0v) is 20.3. The van der Waals surface area contributed by atoms with E-state index in [9.17, 15) is 9.59 Å². The maximum absolute atomic E-state index is 13.2. The Kier molecular flexibility index (Phi) is 5.69. The van der Waals surface area contributed by atoms with E-state index in [2.05, 4.69) is 46.7 Å². The van der Waals surface area contributed by atoms with Crippen molar-refractivity contribution >= 4 is 28.4 Å². The topological polar surface area (TPSA) is 74.4 Å². The van der Waals surface area contributed by atoms with E-state index in [1.54, 1.807) is 7.05 Å². The molecule has 1 aliphatic rings. The summed E-state index contributed by atoms with van der Waals surface area (Å²) in [4.78, 5) is 31.0. The van der Waals surface area contributed by atoms with Crippen LogP contribution in [-0.2, 0) is 4.79 Å². The second-order valence-electron chi connectivity index (χ2n) is 9.10. The van der Waals surface area contributed by atoms with Gasteiger partial charge in [0.05, 0.1) is 11.2 Å². The molecule has 6 rings (SSSR count). The van der Waals surface area contributed by atoms with Crippen LogP contribution in [0.4, 0.5) is 5.69 Å². The molecule has 1 aliphatic heterocycles. The number of ether oxygens (including phenoxy) is 1. The molecule has 4 aromatic carbocycles. The van der Waals surface area contributed by atoms with Crippen LogP contribution in [0.3, 0.4) is 0 Å². The molecule has 6 nitrogen and oxygen atoms in total. The molecule has 182 valence electrons. The zero-order valence-electron chi connectivity index (χ0n) is 20.3. The van der Waals surface area contributed by atoms with E-state index in [1.165, 1.54) is 4.90 Å². The van der Waals surface area contributed by atoms with Crippen molar-refractivity contribution in [1.82, 2.24) is 10.3 Å². The molecule has 1 atom stereocenters. The van der Waals surface area contributed by atoms with E-state index >= 15 is 0 Å². The van der Waals surface area contributed by atoms with Gasteiger partial charge in [0.2, 0.25) is 0 Å². The number of aromatic amines is 1. The highest BCUT2D eigenvalue weighted by Gasteiger charge is 2.31. The number of benzene rings is 4. The highest BCUT2D eigenvalue weighted by molar-refractivity contribution is 6.05. The van der Waals surface area contributed by atoms with Crippen molar-refractivity contribution < 1.29 is 14.3 Å². The second kappa shape index (κ2) is 9.32. The molecule has 2 N–H and O–H groups in total. The molecule has 2 heterocycles. The Labute approximate surface area is 214 Å². The summed E-state index contributed by atoms with van der Waals surface area (Å²) < 4.78 is 5.83. The molecule has 6 heteroatoms. The molecule has 0 radical (unpaired) electrons. The molecule has 0 saturated carbocycles. The fourth-order valence-electron chi connectivity index (χ4n) is 4.78. The van der Waals surface area contributed by atoms with Crippen LogP contribution in [0.25, 0.3) is 33.2 Å². The van der Waals surface area contributed by atoms with E-state index < -0.39 is 6.04 Å². The van der Waals surface area contributed by atoms with Gasteiger partial charge in [-0.05, 0) is 34.9 Å². The number of amides is 2. The number of nitrogens with zero attached hydrogens (tertiary/aromatic N) is 1. The number of anilines is 1. The highest BCUT2D eigenvalue weighted by atomic mass is 16.5. The maximum atomic E-state index is 13.2. The standard InChI is InChI=1S/C31H25N3O3/c1-34-27-12-5-6-13-28(27)37-19-26(31(34)36)33-30(35)25-18-23-10-7-11-24(29(23)32-25)22-16-14-21(15-17-22)20-8-3-2-4-9-20/h2-18,26,32H,19H2,1H3,(H,33,35)/t26-/m0/s1. The molecule has 0 spiro atoms. The number of carbonyl (C=O) groups is 2. The third-order valence-corrected chi connectivity index (χ3v) is 6.77. The minimum Gasteiger partial charge on any atom is -0.489 e. The average Bonchev–Trinajstić information content (AvgIpc) is 3.36. The molecule has 0 bridgehead atoms. The number of H-pyrrole nitrogens is 1.